The van der Waals surface area contributed by atoms with Gasteiger partial charge in [-0.1, -0.05) is 44.7 Å². The molecule has 0 aliphatic heterocycles. The predicted octanol–water partition coefficient (Wildman–Crippen LogP) is 7.70. The number of benzene rings is 2. The van der Waals surface area contributed by atoms with Crippen molar-refractivity contribution in [3.63, 3.8) is 0 Å². The van der Waals surface area contributed by atoms with Gasteiger partial charge in [-0.3, -0.25) is 10.1 Å². The molecule has 0 bridgehead atoms. The summed E-state index contributed by atoms with van der Waals surface area (Å²) in [5.41, 5.74) is 1.37. The number of aryl methyl sites for hydroxylation is 1. The van der Waals surface area contributed by atoms with E-state index in [9.17, 15) is 14.0 Å². The zero-order valence-corrected chi connectivity index (χ0v) is 24.5. The van der Waals surface area contributed by atoms with Gasteiger partial charge in [-0.25, -0.2) is 14.2 Å². The van der Waals surface area contributed by atoms with Gasteiger partial charge in [-0.05, 0) is 56.0 Å². The summed E-state index contributed by atoms with van der Waals surface area (Å²) >= 11 is 7.23. The zero-order chi connectivity index (χ0) is 28.6. The number of aromatic nitrogens is 1. The van der Waals surface area contributed by atoms with Crippen LogP contribution >= 0.6 is 22.9 Å². The van der Waals surface area contributed by atoms with E-state index in [1.165, 1.54) is 29.9 Å². The molecule has 1 aliphatic carbocycles. The topological polar surface area (TPSA) is 95.6 Å². The van der Waals surface area contributed by atoms with Crippen LogP contribution in [-0.2, 0) is 4.79 Å². The maximum atomic E-state index is 14.3. The summed E-state index contributed by atoms with van der Waals surface area (Å²) in [6.07, 6.45) is 7.38. The molecule has 3 amide bonds. The molecule has 4 rings (SSSR count). The van der Waals surface area contributed by atoms with Crippen LogP contribution in [0.2, 0.25) is 5.02 Å². The molecule has 0 radical (unpaired) electrons. The molecule has 0 unspecified atom stereocenters. The van der Waals surface area contributed by atoms with Crippen molar-refractivity contribution < 1.29 is 18.7 Å². The number of urea groups is 1. The van der Waals surface area contributed by atoms with Gasteiger partial charge in [0.1, 0.15) is 11.6 Å². The van der Waals surface area contributed by atoms with Crippen molar-refractivity contribution in [2.75, 3.05) is 34.0 Å². The van der Waals surface area contributed by atoms with Gasteiger partial charge in [0.25, 0.3) is 5.91 Å². The highest BCUT2D eigenvalue weighted by molar-refractivity contribution is 7.15. The normalized spacial score (nSPS) is 13.7. The van der Waals surface area contributed by atoms with Crippen molar-refractivity contribution in [1.29, 1.82) is 0 Å². The number of rotatable bonds is 10. The summed E-state index contributed by atoms with van der Waals surface area (Å²) in [7, 11) is 0. The Hall–Kier alpha value is -3.37. The number of amides is 3. The number of nitrogens with one attached hydrogen (secondary N) is 3. The number of hydrogen-bond acceptors (Lipinski definition) is 6. The van der Waals surface area contributed by atoms with Crippen LogP contribution in [0, 0.1) is 18.7 Å². The number of anilines is 4. The largest absolute Gasteiger partial charge is 0.484 e. The lowest BCUT2D eigenvalue weighted by Crippen LogP contribution is -2.40. The third-order valence-electron chi connectivity index (χ3n) is 6.52. The summed E-state index contributed by atoms with van der Waals surface area (Å²) in [5.74, 6) is -0.172. The number of ether oxygens (including phenoxy) is 1. The Labute approximate surface area is 243 Å². The number of thiazole rings is 1. The van der Waals surface area contributed by atoms with Gasteiger partial charge >= 0.3 is 6.03 Å². The molecular weight excluding hydrogens is 553 g/mol. The molecule has 3 N–H and O–H groups in total. The quantitative estimate of drug-likeness (QED) is 0.226. The van der Waals surface area contributed by atoms with Gasteiger partial charge in [0.15, 0.2) is 11.7 Å². The monoisotopic (exact) mass is 587 g/mol. The molecule has 11 heteroatoms. The minimum atomic E-state index is -0.634. The van der Waals surface area contributed by atoms with E-state index < -0.39 is 11.8 Å². The number of nitrogens with zero attached hydrogens (tertiary/aromatic N) is 2. The summed E-state index contributed by atoms with van der Waals surface area (Å²) in [5, 5.41) is 8.91. The molecule has 1 heterocycles. The number of halogens is 2. The van der Waals surface area contributed by atoms with Crippen LogP contribution in [0.3, 0.4) is 0 Å². The van der Waals surface area contributed by atoms with Gasteiger partial charge < -0.3 is 20.3 Å². The highest BCUT2D eigenvalue weighted by atomic mass is 35.5. The van der Waals surface area contributed by atoms with Gasteiger partial charge in [0.2, 0.25) is 0 Å². The molecule has 0 atom stereocenters. The van der Waals surface area contributed by atoms with Crippen molar-refractivity contribution in [2.45, 2.75) is 58.9 Å². The van der Waals surface area contributed by atoms with Crippen molar-refractivity contribution in [1.82, 2.24) is 4.98 Å². The van der Waals surface area contributed by atoms with Crippen molar-refractivity contribution in [3.8, 4) is 5.75 Å². The van der Waals surface area contributed by atoms with Crippen LogP contribution in [0.1, 0.15) is 50.8 Å². The van der Waals surface area contributed by atoms with E-state index in [-0.39, 0.29) is 23.2 Å². The first-order valence-electron chi connectivity index (χ1n) is 13.5. The average Bonchev–Trinajstić information content (AvgIpc) is 3.32. The summed E-state index contributed by atoms with van der Waals surface area (Å²) < 4.78 is 20.1. The molecule has 0 saturated heterocycles. The molecule has 3 aromatic rings. The van der Waals surface area contributed by atoms with E-state index in [0.717, 1.165) is 48.9 Å². The number of carbonyl (C=O) groups is 2. The van der Waals surface area contributed by atoms with Gasteiger partial charge in [0.05, 0.1) is 17.1 Å². The van der Waals surface area contributed by atoms with E-state index in [1.807, 2.05) is 13.0 Å². The minimum absolute atomic E-state index is 0.0104. The fourth-order valence-corrected chi connectivity index (χ4v) is 5.61. The molecule has 1 aromatic heterocycles. The molecule has 8 nitrogen and oxygen atoms in total. The first-order chi connectivity index (χ1) is 19.2. The van der Waals surface area contributed by atoms with Crippen molar-refractivity contribution in [3.05, 3.63) is 58.3 Å². The van der Waals surface area contributed by atoms with E-state index >= 15 is 0 Å². The average molecular weight is 588 g/mol. The molecule has 214 valence electrons. The summed E-state index contributed by atoms with van der Waals surface area (Å²) in [6, 6.07) is 9.20. The Kier molecular flexibility index (Phi) is 10.2. The Morgan fingerprint density at radius 1 is 1.10 bits per heavy atom. The Morgan fingerprint density at radius 2 is 1.85 bits per heavy atom. The zero-order valence-electron chi connectivity index (χ0n) is 22.9. The van der Waals surface area contributed by atoms with Crippen molar-refractivity contribution in [2.24, 2.45) is 5.92 Å². The second-order valence-corrected chi connectivity index (χ2v) is 12.0. The highest BCUT2D eigenvalue weighted by Gasteiger charge is 2.25. The van der Waals surface area contributed by atoms with Crippen LogP contribution in [0.4, 0.5) is 31.4 Å². The Morgan fingerprint density at radius 3 is 2.52 bits per heavy atom. The van der Waals surface area contributed by atoms with Crippen LogP contribution in [0.5, 0.6) is 5.75 Å². The fraction of sp³-hybridized carbons (Fsp3) is 0.414. The third-order valence-corrected chi connectivity index (χ3v) is 7.58. The molecule has 1 fully saturated rings. The number of carbonyl (C=O) groups excluding carboxylic acids is 2. The first kappa shape index (κ1) is 29.6. The van der Waals surface area contributed by atoms with Crippen LogP contribution in [0.15, 0.2) is 42.6 Å². The van der Waals surface area contributed by atoms with Gasteiger partial charge in [-0.15, -0.1) is 11.3 Å². The second-order valence-electron chi connectivity index (χ2n) is 10.3. The van der Waals surface area contributed by atoms with Crippen LogP contribution < -0.4 is 25.6 Å². The Bertz CT molecular complexity index is 1330. The van der Waals surface area contributed by atoms with Gasteiger partial charge in [-0.2, -0.15) is 0 Å². The summed E-state index contributed by atoms with van der Waals surface area (Å²) in [4.78, 5) is 32.9. The van der Waals surface area contributed by atoms with Crippen LogP contribution in [-0.4, -0.2) is 36.1 Å². The van der Waals surface area contributed by atoms with Crippen molar-refractivity contribution >= 4 is 57.1 Å². The summed E-state index contributed by atoms with van der Waals surface area (Å²) in [6.45, 7) is 6.83. The molecule has 2 aromatic carbocycles. The maximum absolute atomic E-state index is 14.3. The van der Waals surface area contributed by atoms with E-state index in [2.05, 4.69) is 39.7 Å². The molecule has 0 spiro atoms. The standard InChI is InChI=1S/C29H35ClFN5O3S/c1-18(2)16-36(21-7-5-4-6-8-21)26-12-10-22(39-17-27(37)35-29-32-15-19(3)40-29)14-25(26)34-28(38)33-24-11-9-20(30)13-23(24)31/h9-15,18,21H,4-8,16-17H2,1-3H3,(H,32,35,37)(H2,33,34,38). The van der Waals surface area contributed by atoms with E-state index in [1.54, 1.807) is 18.3 Å². The molecule has 40 heavy (non-hydrogen) atoms. The smallest absolute Gasteiger partial charge is 0.323 e. The fourth-order valence-electron chi connectivity index (χ4n) is 4.77. The Balaban J connectivity index is 1.56. The second kappa shape index (κ2) is 13.8. The molecular formula is C29H35ClFN5O3S. The van der Waals surface area contributed by atoms with E-state index in [4.69, 9.17) is 16.3 Å². The minimum Gasteiger partial charge on any atom is -0.484 e. The SMILES string of the molecule is Cc1cnc(NC(=O)COc2ccc(N(CC(C)C)C3CCCCC3)c(NC(=O)Nc3ccc(Cl)cc3F)c2)s1. The predicted molar refractivity (Wildman–Crippen MR) is 161 cm³/mol. The molecule has 1 saturated carbocycles. The first-order valence-corrected chi connectivity index (χ1v) is 14.7. The molecule has 1 aliphatic rings. The van der Waals surface area contributed by atoms with Gasteiger partial charge in [0, 0.05) is 34.7 Å². The lowest BCUT2D eigenvalue weighted by Gasteiger charge is -2.38. The highest BCUT2D eigenvalue weighted by Crippen LogP contribution is 2.36. The van der Waals surface area contributed by atoms with E-state index in [0.29, 0.717) is 28.5 Å². The number of hydrogen-bond donors (Lipinski definition) is 3. The van der Waals surface area contributed by atoms with Crippen LogP contribution in [0.25, 0.3) is 0 Å². The lowest BCUT2D eigenvalue weighted by atomic mass is 9.93. The third kappa shape index (κ3) is 8.32. The maximum Gasteiger partial charge on any atom is 0.323 e. The lowest BCUT2D eigenvalue weighted by molar-refractivity contribution is -0.118.